The van der Waals surface area contributed by atoms with Gasteiger partial charge in [0.2, 0.25) is 0 Å². The van der Waals surface area contributed by atoms with Crippen LogP contribution in [-0.4, -0.2) is 33.1 Å². The smallest absolute Gasteiger partial charge is 0.126 e. The molecule has 0 spiro atoms. The van der Waals surface area contributed by atoms with E-state index in [0.29, 0.717) is 37.5 Å². The number of hydrogen-bond donors (Lipinski definition) is 3. The van der Waals surface area contributed by atoms with Crippen LogP contribution in [0.3, 0.4) is 0 Å². The molecule has 0 aromatic carbocycles. The Balaban J connectivity index is 1.75. The summed E-state index contributed by atoms with van der Waals surface area (Å²) in [6, 6.07) is 0. The Labute approximate surface area is 201 Å². The van der Waals surface area contributed by atoms with Gasteiger partial charge in [-0.1, -0.05) is 63.8 Å². The first kappa shape index (κ1) is 25.8. The number of aliphatic hydroxyl groups excluding tert-OH is 2. The van der Waals surface area contributed by atoms with E-state index in [1.807, 2.05) is 13.8 Å². The van der Waals surface area contributed by atoms with Crippen molar-refractivity contribution in [3.63, 3.8) is 0 Å². The average molecular weight is 451 g/mol. The maximum absolute atomic E-state index is 10.3. The van der Waals surface area contributed by atoms with Crippen molar-refractivity contribution in [3.05, 3.63) is 35.5 Å². The highest BCUT2D eigenvalue weighted by Gasteiger charge is 2.50. The van der Waals surface area contributed by atoms with Gasteiger partial charge in [-0.15, -0.1) is 0 Å². The van der Waals surface area contributed by atoms with Crippen molar-refractivity contribution in [3.8, 4) is 23.7 Å². The van der Waals surface area contributed by atoms with E-state index in [-0.39, 0.29) is 11.3 Å². The fraction of sp³-hybridized carbons (Fsp3) is 0.667. The van der Waals surface area contributed by atoms with Crippen LogP contribution in [-0.2, 0) is 0 Å². The van der Waals surface area contributed by atoms with Gasteiger partial charge >= 0.3 is 0 Å². The van der Waals surface area contributed by atoms with Crippen LogP contribution in [0, 0.1) is 46.9 Å². The van der Waals surface area contributed by atoms with Crippen molar-refractivity contribution in [1.82, 2.24) is 0 Å². The molecule has 6 atom stereocenters. The average Bonchev–Trinajstić information content (AvgIpc) is 3.15. The first-order chi connectivity index (χ1) is 15.6. The molecule has 0 radical (unpaired) electrons. The summed E-state index contributed by atoms with van der Waals surface area (Å²) in [7, 11) is 0. The van der Waals surface area contributed by atoms with E-state index in [0.717, 1.165) is 17.6 Å². The first-order valence-electron chi connectivity index (χ1n) is 12.8. The minimum Gasteiger partial charge on any atom is -0.393 e. The molecule has 0 aliphatic heterocycles. The normalized spacial score (nSPS) is 35.4. The van der Waals surface area contributed by atoms with E-state index in [1.165, 1.54) is 31.3 Å². The molecular formula is C30H42O3. The second-order valence-corrected chi connectivity index (χ2v) is 10.7. The molecule has 3 fully saturated rings. The maximum atomic E-state index is 10.3. The van der Waals surface area contributed by atoms with Crippen molar-refractivity contribution >= 4 is 0 Å². The van der Waals surface area contributed by atoms with Crippen LogP contribution in [0.25, 0.3) is 0 Å². The van der Waals surface area contributed by atoms with Gasteiger partial charge in [0, 0.05) is 12.3 Å². The quantitative estimate of drug-likeness (QED) is 0.508. The SMILES string of the molecule is C=C1/C(=C\C=C2/CCC[C@]3(C)[C@@H]([C@@H](C)C#CC#CC(O)(CC)CC)CC[C@@H]23)C[C@@H](O)C[C@@H]1O. The molecule has 180 valence electrons. The minimum absolute atomic E-state index is 0.236. The summed E-state index contributed by atoms with van der Waals surface area (Å²) in [4.78, 5) is 0. The van der Waals surface area contributed by atoms with Gasteiger partial charge < -0.3 is 15.3 Å². The Morgan fingerprint density at radius 3 is 2.61 bits per heavy atom. The second kappa shape index (κ2) is 10.7. The Morgan fingerprint density at radius 1 is 1.18 bits per heavy atom. The molecule has 0 aromatic rings. The lowest BCUT2D eigenvalue weighted by Gasteiger charge is -2.43. The predicted octanol–water partition coefficient (Wildman–Crippen LogP) is 5.32. The number of rotatable bonds is 4. The van der Waals surface area contributed by atoms with Crippen LogP contribution in [0.1, 0.15) is 85.5 Å². The van der Waals surface area contributed by atoms with Gasteiger partial charge in [-0.3, -0.25) is 0 Å². The van der Waals surface area contributed by atoms with Crippen LogP contribution in [0.5, 0.6) is 0 Å². The monoisotopic (exact) mass is 450 g/mol. The van der Waals surface area contributed by atoms with Crippen molar-refractivity contribution < 1.29 is 15.3 Å². The molecule has 3 nitrogen and oxygen atoms in total. The lowest BCUT2D eigenvalue weighted by Crippen LogP contribution is -2.35. The van der Waals surface area contributed by atoms with Crippen molar-refractivity contribution in [2.75, 3.05) is 0 Å². The summed E-state index contributed by atoms with van der Waals surface area (Å²) >= 11 is 0. The summed E-state index contributed by atoms with van der Waals surface area (Å²) < 4.78 is 0. The fourth-order valence-corrected chi connectivity index (χ4v) is 6.39. The Morgan fingerprint density at radius 2 is 1.91 bits per heavy atom. The zero-order chi connectivity index (χ0) is 24.2. The molecule has 3 aliphatic rings. The van der Waals surface area contributed by atoms with Crippen LogP contribution in [0.2, 0.25) is 0 Å². The molecule has 3 aliphatic carbocycles. The first-order valence-corrected chi connectivity index (χ1v) is 12.8. The molecule has 0 saturated heterocycles. The van der Waals surface area contributed by atoms with Gasteiger partial charge in [-0.25, -0.2) is 0 Å². The molecule has 0 aromatic heterocycles. The highest BCUT2D eigenvalue weighted by Crippen LogP contribution is 2.59. The highest BCUT2D eigenvalue weighted by molar-refractivity contribution is 5.39. The van der Waals surface area contributed by atoms with Crippen molar-refractivity contribution in [2.24, 2.45) is 23.2 Å². The Hall–Kier alpha value is -1.78. The predicted molar refractivity (Wildman–Crippen MR) is 135 cm³/mol. The molecule has 0 heterocycles. The van der Waals surface area contributed by atoms with E-state index in [9.17, 15) is 15.3 Å². The zero-order valence-electron chi connectivity index (χ0n) is 21.0. The number of hydrogen-bond acceptors (Lipinski definition) is 3. The van der Waals surface area contributed by atoms with Crippen molar-refractivity contribution in [2.45, 2.75) is 103 Å². The summed E-state index contributed by atoms with van der Waals surface area (Å²) in [5.74, 6) is 13.6. The van der Waals surface area contributed by atoms with Gasteiger partial charge in [0.15, 0.2) is 0 Å². The van der Waals surface area contributed by atoms with E-state index < -0.39 is 17.8 Å². The van der Waals surface area contributed by atoms with Gasteiger partial charge in [-0.2, -0.15) is 0 Å². The van der Waals surface area contributed by atoms with E-state index >= 15 is 0 Å². The van der Waals surface area contributed by atoms with Gasteiger partial charge in [0.1, 0.15) is 5.60 Å². The minimum atomic E-state index is -0.921. The molecular weight excluding hydrogens is 408 g/mol. The fourth-order valence-electron chi connectivity index (χ4n) is 6.39. The largest absolute Gasteiger partial charge is 0.393 e. The summed E-state index contributed by atoms with van der Waals surface area (Å²) in [5, 5.41) is 30.5. The number of fused-ring (bicyclic) bond motifs is 1. The van der Waals surface area contributed by atoms with E-state index in [4.69, 9.17) is 0 Å². The summed E-state index contributed by atoms with van der Waals surface area (Å²) in [5.41, 5.74) is 2.54. The third kappa shape index (κ3) is 5.66. The molecule has 3 N–H and O–H groups in total. The van der Waals surface area contributed by atoms with E-state index in [2.05, 4.69) is 56.3 Å². The standard InChI is InChI=1S/C30H42O3/c1-6-30(33,7-2)18-9-8-11-21(3)26-15-16-27-23(12-10-17-29(26,27)5)13-14-24-19-25(31)20-28(32)22(24)4/h13-14,21,25-28,31-33H,4,6-7,10,12,15-17,19-20H2,1-3,5H3/b23-13+,24-14-/t21-,25+,26+,27-,28-,29+/m0/s1. The van der Waals surface area contributed by atoms with Gasteiger partial charge in [-0.05, 0) is 91.6 Å². The third-order valence-corrected chi connectivity index (χ3v) is 8.73. The van der Waals surface area contributed by atoms with E-state index in [1.54, 1.807) is 0 Å². The Bertz CT molecular complexity index is 914. The van der Waals surface area contributed by atoms with Crippen LogP contribution < -0.4 is 0 Å². The number of allylic oxidation sites excluding steroid dienone is 3. The third-order valence-electron chi connectivity index (χ3n) is 8.73. The molecule has 0 amide bonds. The zero-order valence-corrected chi connectivity index (χ0v) is 21.0. The molecule has 33 heavy (non-hydrogen) atoms. The Kier molecular flexibility index (Phi) is 8.34. The topological polar surface area (TPSA) is 60.7 Å². The van der Waals surface area contributed by atoms with Gasteiger partial charge in [0.25, 0.3) is 0 Å². The van der Waals surface area contributed by atoms with Crippen molar-refractivity contribution in [1.29, 1.82) is 0 Å². The summed E-state index contributed by atoms with van der Waals surface area (Å²) in [6.07, 6.45) is 11.3. The highest BCUT2D eigenvalue weighted by atomic mass is 16.3. The maximum Gasteiger partial charge on any atom is 0.126 e. The van der Waals surface area contributed by atoms with Crippen LogP contribution in [0.15, 0.2) is 35.5 Å². The number of aliphatic hydroxyl groups is 3. The molecule has 3 heteroatoms. The van der Waals surface area contributed by atoms with Crippen LogP contribution >= 0.6 is 0 Å². The lowest BCUT2D eigenvalue weighted by atomic mass is 9.61. The second-order valence-electron chi connectivity index (χ2n) is 10.7. The molecule has 0 bridgehead atoms. The van der Waals surface area contributed by atoms with Gasteiger partial charge in [0.05, 0.1) is 12.2 Å². The molecule has 3 saturated carbocycles. The van der Waals surface area contributed by atoms with Crippen LogP contribution in [0.4, 0.5) is 0 Å². The summed E-state index contributed by atoms with van der Waals surface area (Å²) in [6.45, 7) is 12.6. The molecule has 3 rings (SSSR count). The lowest BCUT2D eigenvalue weighted by molar-refractivity contribution is 0.0862. The molecule has 0 unspecified atom stereocenters.